The lowest BCUT2D eigenvalue weighted by molar-refractivity contribution is 0.331. The minimum Gasteiger partial charge on any atom is -0.384 e. The summed E-state index contributed by atoms with van der Waals surface area (Å²) in [6.45, 7) is 4.40. The number of anilines is 1. The number of para-hydroxylation sites is 1. The van der Waals surface area contributed by atoms with Crippen LogP contribution >= 0.6 is 0 Å². The van der Waals surface area contributed by atoms with Crippen molar-refractivity contribution in [3.05, 3.63) is 78.3 Å². The standard InChI is InChI=1S/C33H33F2N9/c1-43(2)11-8-37-24-14-21(13-23(34)15-24)25-6-5-7-26-31(25)40-33(39-26)32-28-27(41-42-32)18-38-30(29(28)35)22-12-20(16-36-17-22)19-44-9-3-4-10-44/h5-7,12-18,37H,3-4,8-11,19H2,1-2H3,(H,39,40)(H,41,42). The smallest absolute Gasteiger partial charge is 0.161 e. The van der Waals surface area contributed by atoms with Crippen LogP contribution in [0.3, 0.4) is 0 Å². The van der Waals surface area contributed by atoms with Crippen LogP contribution in [0.4, 0.5) is 14.5 Å². The number of imidazole rings is 1. The summed E-state index contributed by atoms with van der Waals surface area (Å²) in [5.41, 5.74) is 6.14. The summed E-state index contributed by atoms with van der Waals surface area (Å²) >= 11 is 0. The van der Waals surface area contributed by atoms with Gasteiger partial charge in [-0.3, -0.25) is 20.0 Å². The molecule has 1 aliphatic heterocycles. The maximum atomic E-state index is 16.3. The fourth-order valence-electron chi connectivity index (χ4n) is 5.90. The number of hydrogen-bond acceptors (Lipinski definition) is 7. The maximum Gasteiger partial charge on any atom is 0.161 e. The van der Waals surface area contributed by atoms with Crippen LogP contribution in [0.15, 0.2) is 61.1 Å². The number of nitrogens with zero attached hydrogens (tertiary/aromatic N) is 6. The van der Waals surface area contributed by atoms with Crippen molar-refractivity contribution in [1.29, 1.82) is 0 Å². The molecule has 9 nitrogen and oxygen atoms in total. The molecule has 224 valence electrons. The summed E-state index contributed by atoms with van der Waals surface area (Å²) in [5, 5.41) is 10.9. The topological polar surface area (TPSA) is 102 Å². The van der Waals surface area contributed by atoms with Gasteiger partial charge in [-0.15, -0.1) is 0 Å². The Bertz CT molecular complexity index is 1960. The van der Waals surface area contributed by atoms with Crippen LogP contribution in [-0.2, 0) is 6.54 Å². The molecule has 0 spiro atoms. The molecule has 0 saturated carbocycles. The predicted octanol–water partition coefficient (Wildman–Crippen LogP) is 6.08. The van der Waals surface area contributed by atoms with Gasteiger partial charge >= 0.3 is 0 Å². The predicted molar refractivity (Wildman–Crippen MR) is 169 cm³/mol. The van der Waals surface area contributed by atoms with Crippen molar-refractivity contribution < 1.29 is 8.78 Å². The first-order chi connectivity index (χ1) is 21.4. The van der Waals surface area contributed by atoms with Crippen LogP contribution in [0.5, 0.6) is 0 Å². The Hall–Kier alpha value is -4.74. The van der Waals surface area contributed by atoms with Crippen molar-refractivity contribution in [1.82, 2.24) is 39.9 Å². The minimum atomic E-state index is -0.495. The molecule has 1 aliphatic rings. The van der Waals surface area contributed by atoms with E-state index in [9.17, 15) is 4.39 Å². The molecule has 3 N–H and O–H groups in total. The molecule has 0 unspecified atom stereocenters. The lowest BCUT2D eigenvalue weighted by Crippen LogP contribution is -2.20. The first-order valence-electron chi connectivity index (χ1n) is 14.8. The van der Waals surface area contributed by atoms with Crippen LogP contribution in [0.1, 0.15) is 18.4 Å². The molecule has 0 atom stereocenters. The van der Waals surface area contributed by atoms with Crippen LogP contribution in [0.25, 0.3) is 55.8 Å². The Kier molecular flexibility index (Phi) is 7.49. The zero-order valence-electron chi connectivity index (χ0n) is 24.7. The molecule has 11 heteroatoms. The van der Waals surface area contributed by atoms with Crippen molar-refractivity contribution in [3.8, 4) is 33.9 Å². The highest BCUT2D eigenvalue weighted by atomic mass is 19.1. The quantitative estimate of drug-likeness (QED) is 0.187. The van der Waals surface area contributed by atoms with E-state index in [2.05, 4.69) is 40.3 Å². The lowest BCUT2D eigenvalue weighted by atomic mass is 10.0. The highest BCUT2D eigenvalue weighted by Gasteiger charge is 2.22. The van der Waals surface area contributed by atoms with Gasteiger partial charge in [0.25, 0.3) is 0 Å². The molecular formula is C33H33F2N9. The van der Waals surface area contributed by atoms with E-state index >= 15 is 4.39 Å². The van der Waals surface area contributed by atoms with Gasteiger partial charge in [-0.1, -0.05) is 12.1 Å². The van der Waals surface area contributed by atoms with E-state index in [0.717, 1.165) is 42.8 Å². The number of aromatic nitrogens is 6. The van der Waals surface area contributed by atoms with Crippen LogP contribution in [0, 0.1) is 11.6 Å². The molecule has 44 heavy (non-hydrogen) atoms. The highest BCUT2D eigenvalue weighted by molar-refractivity contribution is 5.98. The van der Waals surface area contributed by atoms with Crippen molar-refractivity contribution in [2.45, 2.75) is 19.4 Å². The van der Waals surface area contributed by atoms with Gasteiger partial charge in [0.1, 0.15) is 17.2 Å². The van der Waals surface area contributed by atoms with Crippen molar-refractivity contribution in [2.24, 2.45) is 0 Å². The number of H-pyrrole nitrogens is 2. The summed E-state index contributed by atoms with van der Waals surface area (Å²) < 4.78 is 31.0. The monoisotopic (exact) mass is 593 g/mol. The summed E-state index contributed by atoms with van der Waals surface area (Å²) in [6, 6.07) is 12.5. The Morgan fingerprint density at radius 3 is 2.66 bits per heavy atom. The van der Waals surface area contributed by atoms with Gasteiger partial charge in [0.05, 0.1) is 28.1 Å². The number of fused-ring (bicyclic) bond motifs is 2. The van der Waals surface area contributed by atoms with Crippen molar-refractivity contribution >= 4 is 27.6 Å². The zero-order chi connectivity index (χ0) is 30.2. The fourth-order valence-corrected chi connectivity index (χ4v) is 5.90. The fraction of sp³-hybridized carbons (Fsp3) is 0.273. The molecule has 2 aromatic carbocycles. The van der Waals surface area contributed by atoms with Gasteiger partial charge < -0.3 is 15.2 Å². The second-order valence-corrected chi connectivity index (χ2v) is 11.6. The second-order valence-electron chi connectivity index (χ2n) is 11.6. The van der Waals surface area contributed by atoms with Crippen LogP contribution < -0.4 is 5.32 Å². The second kappa shape index (κ2) is 11.7. The van der Waals surface area contributed by atoms with E-state index < -0.39 is 5.82 Å². The van der Waals surface area contributed by atoms with E-state index in [4.69, 9.17) is 4.98 Å². The Morgan fingerprint density at radius 1 is 0.955 bits per heavy atom. The highest BCUT2D eigenvalue weighted by Crippen LogP contribution is 2.35. The Balaban J connectivity index is 1.25. The lowest BCUT2D eigenvalue weighted by Gasteiger charge is -2.14. The molecule has 0 radical (unpaired) electrons. The third kappa shape index (κ3) is 5.51. The Morgan fingerprint density at radius 2 is 1.82 bits per heavy atom. The van der Waals surface area contributed by atoms with Crippen molar-refractivity contribution in [2.75, 3.05) is 45.6 Å². The number of likely N-dealkylation sites (tertiary alicyclic amines) is 1. The number of benzene rings is 2. The normalized spacial score (nSPS) is 13.9. The number of aromatic amines is 2. The van der Waals surface area contributed by atoms with Gasteiger partial charge in [-0.05, 0) is 81.5 Å². The number of rotatable bonds is 9. The summed E-state index contributed by atoms with van der Waals surface area (Å²) in [5.74, 6) is -0.441. The maximum absolute atomic E-state index is 16.3. The number of hydrogen-bond donors (Lipinski definition) is 3. The minimum absolute atomic E-state index is 0.210. The summed E-state index contributed by atoms with van der Waals surface area (Å²) in [6.07, 6.45) is 7.45. The molecule has 6 aromatic rings. The van der Waals surface area contributed by atoms with Gasteiger partial charge in [-0.25, -0.2) is 13.8 Å². The van der Waals surface area contributed by atoms with Gasteiger partial charge in [0.2, 0.25) is 0 Å². The van der Waals surface area contributed by atoms with E-state index in [1.807, 2.05) is 50.6 Å². The Labute approximate surface area is 253 Å². The third-order valence-corrected chi connectivity index (χ3v) is 8.05. The number of nitrogens with one attached hydrogen (secondary N) is 3. The average molecular weight is 594 g/mol. The number of likely N-dealkylation sites (N-methyl/N-ethyl adjacent to an activating group) is 1. The van der Waals surface area contributed by atoms with Gasteiger partial charge in [-0.2, -0.15) is 5.10 Å². The summed E-state index contributed by atoms with van der Waals surface area (Å²) in [4.78, 5) is 21.4. The summed E-state index contributed by atoms with van der Waals surface area (Å²) in [7, 11) is 3.98. The molecule has 5 heterocycles. The largest absolute Gasteiger partial charge is 0.384 e. The molecular weight excluding hydrogens is 560 g/mol. The number of pyridine rings is 2. The van der Waals surface area contributed by atoms with Gasteiger partial charge in [0, 0.05) is 48.8 Å². The molecule has 4 aromatic heterocycles. The van der Waals surface area contributed by atoms with E-state index in [1.54, 1.807) is 12.4 Å². The molecule has 0 amide bonds. The van der Waals surface area contributed by atoms with E-state index in [0.29, 0.717) is 51.3 Å². The first kappa shape index (κ1) is 28.1. The van der Waals surface area contributed by atoms with Crippen LogP contribution in [0.2, 0.25) is 0 Å². The first-order valence-corrected chi connectivity index (χ1v) is 14.8. The SMILES string of the molecule is CN(C)CCNc1cc(F)cc(-c2cccc3[nH]c(-c4n[nH]c5cnc(-c6cncc(CN7CCCC7)c6)c(F)c45)nc23)c1. The zero-order valence-corrected chi connectivity index (χ0v) is 24.7. The van der Waals surface area contributed by atoms with Crippen LogP contribution in [-0.4, -0.2) is 80.2 Å². The third-order valence-electron chi connectivity index (χ3n) is 8.05. The van der Waals surface area contributed by atoms with Crippen molar-refractivity contribution in [3.63, 3.8) is 0 Å². The van der Waals surface area contributed by atoms with Gasteiger partial charge in [0.15, 0.2) is 11.6 Å². The van der Waals surface area contributed by atoms with E-state index in [1.165, 1.54) is 25.0 Å². The molecule has 1 saturated heterocycles. The molecule has 7 rings (SSSR count). The van der Waals surface area contributed by atoms with E-state index in [-0.39, 0.29) is 11.5 Å². The molecule has 1 fully saturated rings. The molecule has 0 aliphatic carbocycles. The average Bonchev–Trinajstić information content (AvgIpc) is 3.77. The number of halogens is 2. The molecule has 0 bridgehead atoms.